The number of alkyl halides is 3. The van der Waals surface area contributed by atoms with Gasteiger partial charge in [0.15, 0.2) is 0 Å². The van der Waals surface area contributed by atoms with Gasteiger partial charge in [-0.1, -0.05) is 0 Å². The molecule has 0 aromatic carbocycles. The van der Waals surface area contributed by atoms with Crippen LogP contribution in [0.1, 0.15) is 6.42 Å². The van der Waals surface area contributed by atoms with Gasteiger partial charge in [0.05, 0.1) is 13.0 Å². The van der Waals surface area contributed by atoms with Crippen LogP contribution in [0.4, 0.5) is 13.2 Å². The summed E-state index contributed by atoms with van der Waals surface area (Å²) >= 11 is 0. The highest BCUT2D eigenvalue weighted by molar-refractivity contribution is 5.32. The Hall–Kier alpha value is -0.830. The van der Waals surface area contributed by atoms with E-state index in [1.807, 2.05) is 0 Å². The molecule has 0 aliphatic carbocycles. The Kier molecular flexibility index (Phi) is 3.72. The summed E-state index contributed by atoms with van der Waals surface area (Å²) in [7, 11) is 0. The molecule has 0 heterocycles. The average molecular weight is 152 g/mol. The van der Waals surface area contributed by atoms with Gasteiger partial charge < -0.3 is 0 Å². The molecule has 0 rings (SSSR count). The zero-order valence-corrected chi connectivity index (χ0v) is 4.98. The van der Waals surface area contributed by atoms with Crippen molar-refractivity contribution in [3.63, 3.8) is 0 Å². The first-order valence-electron chi connectivity index (χ1n) is 2.51. The Bertz CT molecular complexity index is 136. The third-order valence-electron chi connectivity index (χ3n) is 0.681. The highest BCUT2D eigenvalue weighted by atomic mass is 19.4. The molecular weight excluding hydrogens is 147 g/mol. The minimum Gasteiger partial charge on any atom is -0.211 e. The molecule has 0 saturated heterocycles. The van der Waals surface area contributed by atoms with Crippen LogP contribution in [-0.4, -0.2) is 18.8 Å². The highest BCUT2D eigenvalue weighted by Gasteiger charge is 2.26. The fraction of sp³-hybridized carbons (Fsp3) is 0.600. The summed E-state index contributed by atoms with van der Waals surface area (Å²) in [5.41, 5.74) is 0. The van der Waals surface area contributed by atoms with Gasteiger partial charge in [0.25, 0.3) is 0 Å². The van der Waals surface area contributed by atoms with E-state index in [-0.39, 0.29) is 19.4 Å². The van der Waals surface area contributed by atoms with Crippen LogP contribution in [0.3, 0.4) is 0 Å². The Morgan fingerprint density at radius 1 is 1.50 bits per heavy atom. The van der Waals surface area contributed by atoms with Gasteiger partial charge in [-0.25, -0.2) is 9.79 Å². The molecule has 5 heteroatoms. The SMILES string of the molecule is O=C=NCC[CH]C(F)(F)F. The van der Waals surface area contributed by atoms with Crippen molar-refractivity contribution in [1.82, 2.24) is 0 Å². The second kappa shape index (κ2) is 4.06. The van der Waals surface area contributed by atoms with E-state index >= 15 is 0 Å². The van der Waals surface area contributed by atoms with Gasteiger partial charge in [0, 0.05) is 0 Å². The molecule has 0 spiro atoms. The molecule has 57 valence electrons. The number of halogens is 3. The molecule has 0 N–H and O–H groups in total. The van der Waals surface area contributed by atoms with Crippen LogP contribution in [0.15, 0.2) is 4.99 Å². The molecule has 0 aliphatic heterocycles. The number of hydrogen-bond acceptors (Lipinski definition) is 2. The number of nitrogens with zero attached hydrogens (tertiary/aromatic N) is 1. The van der Waals surface area contributed by atoms with Gasteiger partial charge in [-0.05, 0) is 6.42 Å². The first kappa shape index (κ1) is 9.17. The lowest BCUT2D eigenvalue weighted by Crippen LogP contribution is -2.08. The van der Waals surface area contributed by atoms with Gasteiger partial charge in [-0.2, -0.15) is 13.2 Å². The zero-order valence-electron chi connectivity index (χ0n) is 4.98. The molecule has 0 aromatic heterocycles. The lowest BCUT2D eigenvalue weighted by molar-refractivity contribution is -0.0979. The highest BCUT2D eigenvalue weighted by Crippen LogP contribution is 2.19. The van der Waals surface area contributed by atoms with E-state index in [0.717, 1.165) is 6.08 Å². The lowest BCUT2D eigenvalue weighted by atomic mass is 10.3. The Labute approximate surface area is 55.8 Å². The van der Waals surface area contributed by atoms with E-state index in [1.54, 1.807) is 0 Å². The van der Waals surface area contributed by atoms with Crippen molar-refractivity contribution in [3.05, 3.63) is 6.42 Å². The smallest absolute Gasteiger partial charge is 0.211 e. The van der Waals surface area contributed by atoms with E-state index in [9.17, 15) is 18.0 Å². The third kappa shape index (κ3) is 7.17. The minimum absolute atomic E-state index is 0.147. The lowest BCUT2D eigenvalue weighted by Gasteiger charge is -2.01. The summed E-state index contributed by atoms with van der Waals surface area (Å²) in [5, 5.41) is 0. The van der Waals surface area contributed by atoms with Crippen LogP contribution >= 0.6 is 0 Å². The normalized spacial score (nSPS) is 10.7. The van der Waals surface area contributed by atoms with Crippen LogP contribution in [0.5, 0.6) is 0 Å². The Balaban J connectivity index is 3.28. The van der Waals surface area contributed by atoms with Crippen LogP contribution in [-0.2, 0) is 4.79 Å². The molecule has 0 aromatic rings. The van der Waals surface area contributed by atoms with E-state index < -0.39 is 6.18 Å². The number of isocyanates is 1. The summed E-state index contributed by atoms with van der Waals surface area (Å²) in [5.74, 6) is 0. The zero-order chi connectivity index (χ0) is 8.04. The number of carbonyl (C=O) groups excluding carboxylic acids is 1. The van der Waals surface area contributed by atoms with Crippen molar-refractivity contribution < 1.29 is 18.0 Å². The fourth-order valence-corrected chi connectivity index (χ4v) is 0.338. The Morgan fingerprint density at radius 2 is 2.10 bits per heavy atom. The molecule has 0 amide bonds. The van der Waals surface area contributed by atoms with E-state index in [4.69, 9.17) is 0 Å². The van der Waals surface area contributed by atoms with Crippen LogP contribution in [0.2, 0.25) is 0 Å². The molecule has 0 unspecified atom stereocenters. The van der Waals surface area contributed by atoms with Crippen molar-refractivity contribution in [2.24, 2.45) is 4.99 Å². The summed E-state index contributed by atoms with van der Waals surface area (Å²) in [6, 6.07) is 0. The topological polar surface area (TPSA) is 29.4 Å². The first-order valence-corrected chi connectivity index (χ1v) is 2.51. The van der Waals surface area contributed by atoms with Gasteiger partial charge in [0.2, 0.25) is 6.08 Å². The van der Waals surface area contributed by atoms with E-state index in [2.05, 4.69) is 4.99 Å². The van der Waals surface area contributed by atoms with Crippen molar-refractivity contribution >= 4 is 6.08 Å². The predicted molar refractivity (Wildman–Crippen MR) is 28.0 cm³/mol. The van der Waals surface area contributed by atoms with E-state index in [0.29, 0.717) is 0 Å². The number of aliphatic imine (C=N–C) groups is 1. The van der Waals surface area contributed by atoms with Gasteiger partial charge in [-0.3, -0.25) is 0 Å². The summed E-state index contributed by atoms with van der Waals surface area (Å²) < 4.78 is 33.9. The van der Waals surface area contributed by atoms with Gasteiger partial charge >= 0.3 is 6.18 Å². The van der Waals surface area contributed by atoms with Crippen LogP contribution < -0.4 is 0 Å². The van der Waals surface area contributed by atoms with Crippen LogP contribution in [0.25, 0.3) is 0 Å². The third-order valence-corrected chi connectivity index (χ3v) is 0.681. The van der Waals surface area contributed by atoms with Crippen molar-refractivity contribution in [2.45, 2.75) is 12.6 Å². The molecule has 0 aliphatic rings. The van der Waals surface area contributed by atoms with Crippen LogP contribution in [0, 0.1) is 6.42 Å². The van der Waals surface area contributed by atoms with Gasteiger partial charge in [0.1, 0.15) is 0 Å². The maximum atomic E-state index is 11.3. The quantitative estimate of drug-likeness (QED) is 0.342. The predicted octanol–water partition coefficient (Wildman–Crippen LogP) is 1.48. The first-order chi connectivity index (χ1) is 4.56. The number of rotatable bonds is 3. The van der Waals surface area contributed by atoms with E-state index in [1.165, 1.54) is 0 Å². The number of hydrogen-bond donors (Lipinski definition) is 0. The molecule has 0 fully saturated rings. The minimum atomic E-state index is -4.27. The largest absolute Gasteiger partial charge is 0.392 e. The molecule has 0 bridgehead atoms. The molecule has 10 heavy (non-hydrogen) atoms. The summed E-state index contributed by atoms with van der Waals surface area (Å²) in [6.45, 7) is -0.150. The average Bonchev–Trinajstić information content (AvgIpc) is 1.78. The second-order valence-electron chi connectivity index (χ2n) is 1.51. The monoisotopic (exact) mass is 152 g/mol. The van der Waals surface area contributed by atoms with Crippen molar-refractivity contribution in [2.75, 3.05) is 6.54 Å². The van der Waals surface area contributed by atoms with Gasteiger partial charge in [-0.15, -0.1) is 0 Å². The summed E-state index contributed by atoms with van der Waals surface area (Å²) in [6.07, 6.45) is -3.24. The van der Waals surface area contributed by atoms with Crippen molar-refractivity contribution in [3.8, 4) is 0 Å². The second-order valence-corrected chi connectivity index (χ2v) is 1.51. The standard InChI is InChI=1S/C5H5F3NO/c6-5(7,8)2-1-3-9-4-10/h2H,1,3H2. The maximum Gasteiger partial charge on any atom is 0.392 e. The summed E-state index contributed by atoms with van der Waals surface area (Å²) in [4.78, 5) is 12.3. The molecule has 0 atom stereocenters. The Morgan fingerprint density at radius 3 is 2.50 bits per heavy atom. The molecule has 1 radical (unpaired) electrons. The maximum absolute atomic E-state index is 11.3. The van der Waals surface area contributed by atoms with Crippen molar-refractivity contribution in [1.29, 1.82) is 0 Å². The fourth-order valence-electron chi connectivity index (χ4n) is 0.338. The molecule has 2 nitrogen and oxygen atoms in total. The molecular formula is C5H5F3NO. The molecule has 0 saturated carbocycles.